The molecule has 0 radical (unpaired) electrons. The highest BCUT2D eigenvalue weighted by Crippen LogP contribution is 2.23. The van der Waals surface area contributed by atoms with Gasteiger partial charge in [-0.3, -0.25) is 9.59 Å². The van der Waals surface area contributed by atoms with Crippen LogP contribution in [0.1, 0.15) is 17.9 Å². The van der Waals surface area contributed by atoms with Crippen LogP contribution in [0.4, 0.5) is 18.9 Å². The predicted octanol–water partition coefficient (Wildman–Crippen LogP) is 3.30. The summed E-state index contributed by atoms with van der Waals surface area (Å²) in [6.45, 7) is 0. The average molecular weight is 323 g/mol. The summed E-state index contributed by atoms with van der Waals surface area (Å²) in [6, 6.07) is 9.56. The number of carbonyl (C=O) groups is 2. The SMILES string of the molecule is O=C(CC(C(=O)O)c1ccccc1)Nc1ccc(F)c(F)c1F. The molecule has 0 aliphatic carbocycles. The normalized spacial score (nSPS) is 11.8. The van der Waals surface area contributed by atoms with Gasteiger partial charge in [0, 0.05) is 6.42 Å². The molecule has 2 rings (SSSR count). The van der Waals surface area contributed by atoms with Crippen molar-refractivity contribution in [3.63, 3.8) is 0 Å². The van der Waals surface area contributed by atoms with Crippen LogP contribution in [0.3, 0.4) is 0 Å². The van der Waals surface area contributed by atoms with Crippen LogP contribution in [-0.4, -0.2) is 17.0 Å². The zero-order valence-electron chi connectivity index (χ0n) is 11.7. The number of amides is 1. The van der Waals surface area contributed by atoms with Crippen LogP contribution in [0, 0.1) is 17.5 Å². The lowest BCUT2D eigenvalue weighted by Crippen LogP contribution is -2.21. The van der Waals surface area contributed by atoms with Gasteiger partial charge in [-0.1, -0.05) is 30.3 Å². The second-order valence-corrected chi connectivity index (χ2v) is 4.78. The Morgan fingerprint density at radius 2 is 1.65 bits per heavy atom. The molecule has 1 atom stereocenters. The van der Waals surface area contributed by atoms with Crippen LogP contribution in [0.2, 0.25) is 0 Å². The molecular weight excluding hydrogens is 311 g/mol. The summed E-state index contributed by atoms with van der Waals surface area (Å²) in [5.74, 6) is -7.81. The Hall–Kier alpha value is -2.83. The lowest BCUT2D eigenvalue weighted by atomic mass is 9.95. The minimum absolute atomic E-state index is 0.404. The number of anilines is 1. The third-order valence-electron chi connectivity index (χ3n) is 3.20. The Balaban J connectivity index is 2.15. The van der Waals surface area contributed by atoms with E-state index in [1.807, 2.05) is 5.32 Å². The number of benzene rings is 2. The van der Waals surface area contributed by atoms with Gasteiger partial charge in [0.1, 0.15) is 0 Å². The molecule has 0 saturated heterocycles. The van der Waals surface area contributed by atoms with E-state index in [0.717, 1.165) is 6.07 Å². The number of halogens is 3. The molecule has 0 heterocycles. The lowest BCUT2D eigenvalue weighted by Gasteiger charge is -2.13. The van der Waals surface area contributed by atoms with Crippen LogP contribution in [0.5, 0.6) is 0 Å². The van der Waals surface area contributed by atoms with Crippen LogP contribution < -0.4 is 5.32 Å². The van der Waals surface area contributed by atoms with Crippen LogP contribution in [0.15, 0.2) is 42.5 Å². The van der Waals surface area contributed by atoms with Gasteiger partial charge in [0.2, 0.25) is 5.91 Å². The number of hydrogen-bond acceptors (Lipinski definition) is 2. The fourth-order valence-corrected chi connectivity index (χ4v) is 2.04. The van der Waals surface area contributed by atoms with Crippen LogP contribution in [-0.2, 0) is 9.59 Å². The highest BCUT2D eigenvalue weighted by atomic mass is 19.2. The van der Waals surface area contributed by atoms with Gasteiger partial charge in [0.15, 0.2) is 17.5 Å². The van der Waals surface area contributed by atoms with E-state index in [9.17, 15) is 27.9 Å². The summed E-state index contributed by atoms with van der Waals surface area (Å²) >= 11 is 0. The largest absolute Gasteiger partial charge is 0.481 e. The number of hydrogen-bond donors (Lipinski definition) is 2. The van der Waals surface area contributed by atoms with Gasteiger partial charge < -0.3 is 10.4 Å². The van der Waals surface area contributed by atoms with E-state index in [-0.39, 0.29) is 0 Å². The minimum Gasteiger partial charge on any atom is -0.481 e. The second-order valence-electron chi connectivity index (χ2n) is 4.78. The Bertz CT molecular complexity index is 735. The van der Waals surface area contributed by atoms with Crippen molar-refractivity contribution in [2.75, 3.05) is 5.32 Å². The Morgan fingerprint density at radius 3 is 2.26 bits per heavy atom. The fraction of sp³-hybridized carbons (Fsp3) is 0.125. The molecule has 0 bridgehead atoms. The van der Waals surface area contributed by atoms with Crippen LogP contribution >= 0.6 is 0 Å². The van der Waals surface area contributed by atoms with Crippen molar-refractivity contribution in [2.45, 2.75) is 12.3 Å². The van der Waals surface area contributed by atoms with Crippen molar-refractivity contribution in [1.82, 2.24) is 0 Å². The van der Waals surface area contributed by atoms with Crippen molar-refractivity contribution in [2.24, 2.45) is 0 Å². The van der Waals surface area contributed by atoms with Gasteiger partial charge in [0.05, 0.1) is 11.6 Å². The number of nitrogens with one attached hydrogen (secondary N) is 1. The quantitative estimate of drug-likeness (QED) is 0.830. The predicted molar refractivity (Wildman–Crippen MR) is 76.4 cm³/mol. The van der Waals surface area contributed by atoms with E-state index in [2.05, 4.69) is 0 Å². The molecule has 0 aromatic heterocycles. The molecule has 120 valence electrons. The first-order valence-corrected chi connectivity index (χ1v) is 6.61. The van der Waals surface area contributed by atoms with Gasteiger partial charge >= 0.3 is 5.97 Å². The van der Waals surface area contributed by atoms with Crippen LogP contribution in [0.25, 0.3) is 0 Å². The van der Waals surface area contributed by atoms with E-state index in [1.54, 1.807) is 30.3 Å². The summed E-state index contributed by atoms with van der Waals surface area (Å²) in [6.07, 6.45) is -0.474. The molecule has 4 nitrogen and oxygen atoms in total. The maximum atomic E-state index is 13.5. The van der Waals surface area contributed by atoms with Crippen molar-refractivity contribution >= 4 is 17.6 Å². The highest BCUT2D eigenvalue weighted by molar-refractivity contribution is 5.94. The first kappa shape index (κ1) is 16.5. The lowest BCUT2D eigenvalue weighted by molar-refractivity contribution is -0.140. The number of rotatable bonds is 5. The molecule has 2 aromatic carbocycles. The van der Waals surface area contributed by atoms with Gasteiger partial charge in [-0.25, -0.2) is 13.2 Å². The molecule has 0 spiro atoms. The molecule has 0 fully saturated rings. The zero-order chi connectivity index (χ0) is 17.0. The molecule has 0 saturated carbocycles. The molecule has 0 aliphatic heterocycles. The zero-order valence-corrected chi connectivity index (χ0v) is 11.7. The standard InChI is InChI=1S/C16H12F3NO3/c17-11-6-7-12(15(19)14(11)18)20-13(21)8-10(16(22)23)9-4-2-1-3-5-9/h1-7,10H,8H2,(H,20,21)(H,22,23). The molecule has 0 aliphatic rings. The average Bonchev–Trinajstić information content (AvgIpc) is 2.54. The molecule has 2 aromatic rings. The molecule has 1 unspecified atom stereocenters. The van der Waals surface area contributed by atoms with E-state index in [0.29, 0.717) is 11.6 Å². The van der Waals surface area contributed by atoms with Gasteiger partial charge in [-0.05, 0) is 17.7 Å². The second kappa shape index (κ2) is 6.95. The van der Waals surface area contributed by atoms with E-state index < -0.39 is 47.4 Å². The molecular formula is C16H12F3NO3. The number of carboxylic acid groups (broad SMARTS) is 1. The maximum Gasteiger partial charge on any atom is 0.311 e. The molecule has 2 N–H and O–H groups in total. The van der Waals surface area contributed by atoms with Gasteiger partial charge in [-0.2, -0.15) is 0 Å². The molecule has 7 heteroatoms. The molecule has 23 heavy (non-hydrogen) atoms. The Labute approximate surface area is 129 Å². The summed E-state index contributed by atoms with van der Waals surface area (Å²) in [5.41, 5.74) is -0.146. The topological polar surface area (TPSA) is 66.4 Å². The van der Waals surface area contributed by atoms with E-state index >= 15 is 0 Å². The van der Waals surface area contributed by atoms with E-state index in [1.165, 1.54) is 0 Å². The summed E-state index contributed by atoms with van der Waals surface area (Å²) in [4.78, 5) is 23.2. The fourth-order valence-electron chi connectivity index (χ4n) is 2.04. The van der Waals surface area contributed by atoms with Crippen molar-refractivity contribution in [3.8, 4) is 0 Å². The first-order chi connectivity index (χ1) is 10.9. The van der Waals surface area contributed by atoms with Crippen molar-refractivity contribution < 1.29 is 27.9 Å². The number of aliphatic carboxylic acids is 1. The summed E-state index contributed by atoms with van der Waals surface area (Å²) in [7, 11) is 0. The third-order valence-corrected chi connectivity index (χ3v) is 3.20. The van der Waals surface area contributed by atoms with Crippen molar-refractivity contribution in [1.29, 1.82) is 0 Å². The number of carboxylic acids is 1. The highest BCUT2D eigenvalue weighted by Gasteiger charge is 2.24. The van der Waals surface area contributed by atoms with Gasteiger partial charge in [0.25, 0.3) is 0 Å². The first-order valence-electron chi connectivity index (χ1n) is 6.61. The monoisotopic (exact) mass is 323 g/mol. The maximum absolute atomic E-state index is 13.5. The smallest absolute Gasteiger partial charge is 0.311 e. The third kappa shape index (κ3) is 3.88. The van der Waals surface area contributed by atoms with Crippen molar-refractivity contribution in [3.05, 3.63) is 65.5 Å². The molecule has 1 amide bonds. The minimum atomic E-state index is -1.71. The van der Waals surface area contributed by atoms with E-state index in [4.69, 9.17) is 0 Å². The summed E-state index contributed by atoms with van der Waals surface area (Å²) in [5, 5.41) is 11.3. The van der Waals surface area contributed by atoms with Gasteiger partial charge in [-0.15, -0.1) is 0 Å². The summed E-state index contributed by atoms with van der Waals surface area (Å²) < 4.78 is 39.4. The number of carbonyl (C=O) groups excluding carboxylic acids is 1. The Kier molecular flexibility index (Phi) is 5.00. The Morgan fingerprint density at radius 1 is 1.00 bits per heavy atom.